The van der Waals surface area contributed by atoms with Crippen LogP contribution in [0.25, 0.3) is 0 Å². The zero-order valence-electron chi connectivity index (χ0n) is 19.2. The van der Waals surface area contributed by atoms with E-state index in [0.717, 1.165) is 35.1 Å². The quantitative estimate of drug-likeness (QED) is 0.277. The summed E-state index contributed by atoms with van der Waals surface area (Å²) in [5, 5.41) is 3.89. The van der Waals surface area contributed by atoms with Gasteiger partial charge in [-0.15, -0.1) is 11.6 Å². The first-order chi connectivity index (χ1) is 14.7. The van der Waals surface area contributed by atoms with Gasteiger partial charge in [0.15, 0.2) is 0 Å². The lowest BCUT2D eigenvalue weighted by Crippen LogP contribution is -2.21. The van der Waals surface area contributed by atoms with Gasteiger partial charge >= 0.3 is 0 Å². The smallest absolute Gasteiger partial charge is 0.0294 e. The van der Waals surface area contributed by atoms with E-state index in [9.17, 15) is 0 Å². The lowest BCUT2D eigenvalue weighted by Gasteiger charge is -2.31. The summed E-state index contributed by atoms with van der Waals surface area (Å²) in [7, 11) is -0.0229. The van der Waals surface area contributed by atoms with Crippen LogP contribution in [0.1, 0.15) is 71.3 Å². The Morgan fingerprint density at radius 2 is 1.23 bits per heavy atom. The van der Waals surface area contributed by atoms with E-state index >= 15 is 0 Å². The maximum Gasteiger partial charge on any atom is 0.0294 e. The summed E-state index contributed by atoms with van der Waals surface area (Å²) in [6, 6.07) is 11.1. The highest BCUT2D eigenvalue weighted by molar-refractivity contribution is 7.68. The molecule has 0 spiro atoms. The van der Waals surface area contributed by atoms with Gasteiger partial charge in [0.1, 0.15) is 0 Å². The normalized spacial score (nSPS) is 33.1. The maximum absolute atomic E-state index is 6.57. The first-order valence-electron chi connectivity index (χ1n) is 12.3. The molecule has 166 valence electrons. The fraction of sp³-hybridized carbons (Fsp3) is 0.692. The van der Waals surface area contributed by atoms with Crippen molar-refractivity contribution in [2.24, 2.45) is 0 Å². The maximum atomic E-state index is 6.57. The Balaban J connectivity index is 1.67. The topological polar surface area (TPSA) is 3.24 Å². The van der Waals surface area contributed by atoms with Crippen LogP contribution in [-0.2, 0) is 6.54 Å². The number of benzene rings is 1. The van der Waals surface area contributed by atoms with Gasteiger partial charge in [-0.05, 0) is 83.8 Å². The van der Waals surface area contributed by atoms with Gasteiger partial charge in [0.05, 0.1) is 0 Å². The van der Waals surface area contributed by atoms with Crippen LogP contribution in [0, 0.1) is 0 Å². The molecule has 4 heteroatoms. The van der Waals surface area contributed by atoms with E-state index < -0.39 is 0 Å². The average molecular weight is 464 g/mol. The third kappa shape index (κ3) is 4.71. The van der Waals surface area contributed by atoms with Crippen LogP contribution in [0.15, 0.2) is 41.0 Å². The van der Waals surface area contributed by atoms with Crippen molar-refractivity contribution >= 4 is 27.4 Å². The number of rotatable bonds is 8. The van der Waals surface area contributed by atoms with Crippen molar-refractivity contribution in [3.05, 3.63) is 46.5 Å². The molecule has 0 amide bonds. The third-order valence-corrected chi connectivity index (χ3v) is 16.1. The van der Waals surface area contributed by atoms with Crippen LogP contribution in [0.2, 0.25) is 0 Å². The lowest BCUT2D eigenvalue weighted by molar-refractivity contribution is 0.342. The first kappa shape index (κ1) is 23.2. The second-order valence-corrected chi connectivity index (χ2v) is 15.4. The molecule has 1 aromatic rings. The SMILES string of the molecule is CC[C@H]1CC[C@H](CC)P1C1=C(P2[C@@H](CC)CC[C@@H]2CCl)CN(Cc2ccccc2)C1. The molecule has 4 rings (SSSR count). The summed E-state index contributed by atoms with van der Waals surface area (Å²) in [5.41, 5.74) is 5.10. The molecule has 1 aromatic carbocycles. The number of nitrogens with zero attached hydrogens (tertiary/aromatic N) is 1. The van der Waals surface area contributed by atoms with Gasteiger partial charge in [-0.1, -0.05) is 66.9 Å². The minimum Gasteiger partial charge on any atom is -0.290 e. The molecule has 3 heterocycles. The van der Waals surface area contributed by atoms with Crippen molar-refractivity contribution in [1.29, 1.82) is 0 Å². The Hall–Kier alpha value is 0.0700. The van der Waals surface area contributed by atoms with E-state index in [1.807, 2.05) is 10.6 Å². The fourth-order valence-corrected chi connectivity index (χ4v) is 15.0. The average Bonchev–Trinajstić information content (AvgIpc) is 3.49. The lowest BCUT2D eigenvalue weighted by atomic mass is 10.1. The molecule has 0 aromatic heterocycles. The third-order valence-electron chi connectivity index (χ3n) is 7.78. The second-order valence-electron chi connectivity index (χ2n) is 9.49. The van der Waals surface area contributed by atoms with Crippen molar-refractivity contribution in [2.75, 3.05) is 19.0 Å². The highest BCUT2D eigenvalue weighted by Gasteiger charge is 2.44. The van der Waals surface area contributed by atoms with Crippen LogP contribution in [0.5, 0.6) is 0 Å². The van der Waals surface area contributed by atoms with E-state index in [1.54, 1.807) is 0 Å². The molecule has 0 radical (unpaired) electrons. The van der Waals surface area contributed by atoms with Gasteiger partial charge < -0.3 is 0 Å². The van der Waals surface area contributed by atoms with Gasteiger partial charge in [-0.25, -0.2) is 0 Å². The predicted octanol–water partition coefficient (Wildman–Crippen LogP) is 8.21. The summed E-state index contributed by atoms with van der Waals surface area (Å²) >= 11 is 6.57. The second kappa shape index (κ2) is 10.8. The zero-order valence-corrected chi connectivity index (χ0v) is 21.7. The fourth-order valence-electron chi connectivity index (χ4n) is 6.23. The van der Waals surface area contributed by atoms with Gasteiger partial charge in [-0.2, -0.15) is 0 Å². The molecular formula is C26H40ClNP2. The number of hydrogen-bond acceptors (Lipinski definition) is 1. The number of hydrogen-bond donors (Lipinski definition) is 0. The molecule has 1 nitrogen and oxygen atoms in total. The van der Waals surface area contributed by atoms with Crippen LogP contribution in [-0.4, -0.2) is 46.5 Å². The predicted molar refractivity (Wildman–Crippen MR) is 138 cm³/mol. The number of halogens is 1. The molecule has 0 saturated carbocycles. The van der Waals surface area contributed by atoms with E-state index in [0.29, 0.717) is 0 Å². The number of alkyl halides is 1. The van der Waals surface area contributed by atoms with Crippen molar-refractivity contribution < 1.29 is 0 Å². The van der Waals surface area contributed by atoms with Crippen molar-refractivity contribution in [1.82, 2.24) is 4.90 Å². The summed E-state index contributed by atoms with van der Waals surface area (Å²) in [6.07, 6.45) is 9.85. The first-order valence-corrected chi connectivity index (χ1v) is 15.8. The van der Waals surface area contributed by atoms with Gasteiger partial charge in [-0.3, -0.25) is 4.90 Å². The van der Waals surface area contributed by atoms with Crippen LogP contribution in [0.4, 0.5) is 0 Å². The molecule has 5 atom stereocenters. The molecule has 2 fully saturated rings. The van der Waals surface area contributed by atoms with Gasteiger partial charge in [0, 0.05) is 25.5 Å². The summed E-state index contributed by atoms with van der Waals surface area (Å²) in [6.45, 7) is 10.9. The molecule has 2 saturated heterocycles. The minimum atomic E-state index is -0.0559. The summed E-state index contributed by atoms with van der Waals surface area (Å²) in [4.78, 5) is 2.78. The standard InChI is InChI=1S/C26H40ClNP2/c1-4-21-12-13-22(5-2)29(21)25-18-28(17-20-10-8-7-9-11-20)19-26(25)30-23(6-3)14-15-24(30)16-27/h7-11,21-24H,4-6,12-19H2,1-3H3/t21-,22-,23-,24+,30?/m0/s1. The zero-order chi connectivity index (χ0) is 21.1. The summed E-state index contributed by atoms with van der Waals surface area (Å²) in [5.74, 6) is 0.879. The van der Waals surface area contributed by atoms with Crippen LogP contribution >= 0.6 is 27.4 Å². The Bertz CT molecular complexity index is 657. The Morgan fingerprint density at radius 1 is 0.767 bits per heavy atom. The largest absolute Gasteiger partial charge is 0.290 e. The van der Waals surface area contributed by atoms with Crippen LogP contribution < -0.4 is 0 Å². The molecular weight excluding hydrogens is 424 g/mol. The van der Waals surface area contributed by atoms with Crippen molar-refractivity contribution in [3.63, 3.8) is 0 Å². The Labute approximate surface area is 192 Å². The van der Waals surface area contributed by atoms with E-state index in [1.165, 1.54) is 63.6 Å². The monoisotopic (exact) mass is 463 g/mol. The van der Waals surface area contributed by atoms with Gasteiger partial charge in [0.2, 0.25) is 0 Å². The molecule has 0 aliphatic carbocycles. The highest BCUT2D eigenvalue weighted by atomic mass is 35.5. The highest BCUT2D eigenvalue weighted by Crippen LogP contribution is 2.71. The van der Waals surface area contributed by atoms with E-state index in [-0.39, 0.29) is 15.8 Å². The minimum absolute atomic E-state index is 0.0330. The molecule has 3 aliphatic rings. The molecule has 1 unspecified atom stereocenters. The Kier molecular flexibility index (Phi) is 8.36. The molecule has 30 heavy (non-hydrogen) atoms. The van der Waals surface area contributed by atoms with Crippen LogP contribution in [0.3, 0.4) is 0 Å². The van der Waals surface area contributed by atoms with E-state index in [4.69, 9.17) is 11.6 Å². The van der Waals surface area contributed by atoms with Crippen molar-refractivity contribution in [2.45, 2.75) is 94.9 Å². The molecule has 0 N–H and O–H groups in total. The Morgan fingerprint density at radius 3 is 1.70 bits per heavy atom. The molecule has 3 aliphatic heterocycles. The van der Waals surface area contributed by atoms with Gasteiger partial charge in [0.25, 0.3) is 0 Å². The summed E-state index contributed by atoms with van der Waals surface area (Å²) < 4.78 is 0. The molecule has 0 bridgehead atoms. The van der Waals surface area contributed by atoms with Crippen molar-refractivity contribution in [3.8, 4) is 0 Å². The van der Waals surface area contributed by atoms with E-state index in [2.05, 4.69) is 56.0 Å².